The monoisotopic (exact) mass is 246 g/mol. The van der Waals surface area contributed by atoms with E-state index in [0.717, 1.165) is 6.54 Å². The molecule has 0 unspecified atom stereocenters. The molecular formula is C15H22N2O. The molecule has 1 aromatic heterocycles. The summed E-state index contributed by atoms with van der Waals surface area (Å²) in [6, 6.07) is 8.87. The van der Waals surface area contributed by atoms with E-state index in [0.29, 0.717) is 12.6 Å². The molecule has 3 nitrogen and oxygen atoms in total. The molecule has 0 saturated heterocycles. The van der Waals surface area contributed by atoms with Crippen molar-refractivity contribution in [2.45, 2.75) is 39.5 Å². The van der Waals surface area contributed by atoms with Gasteiger partial charge in [0.05, 0.1) is 6.10 Å². The Hall–Kier alpha value is -1.32. The van der Waals surface area contributed by atoms with E-state index >= 15 is 0 Å². The van der Waals surface area contributed by atoms with Gasteiger partial charge in [-0.25, -0.2) is 0 Å². The van der Waals surface area contributed by atoms with E-state index in [9.17, 15) is 5.11 Å². The van der Waals surface area contributed by atoms with Crippen LogP contribution in [-0.4, -0.2) is 33.7 Å². The summed E-state index contributed by atoms with van der Waals surface area (Å²) in [7, 11) is 0. The van der Waals surface area contributed by atoms with Crippen LogP contribution in [0.1, 0.15) is 26.3 Å². The number of aromatic nitrogens is 1. The van der Waals surface area contributed by atoms with Gasteiger partial charge in [0.1, 0.15) is 0 Å². The first-order valence-electron chi connectivity index (χ1n) is 6.55. The first-order valence-corrected chi connectivity index (χ1v) is 6.55. The predicted octanol–water partition coefficient (Wildman–Crippen LogP) is 2.76. The van der Waals surface area contributed by atoms with E-state index in [4.69, 9.17) is 0 Å². The van der Waals surface area contributed by atoms with Crippen LogP contribution in [0, 0.1) is 0 Å². The largest absolute Gasteiger partial charge is 0.392 e. The van der Waals surface area contributed by atoms with Crippen molar-refractivity contribution in [3.63, 3.8) is 0 Å². The lowest BCUT2D eigenvalue weighted by Crippen LogP contribution is -2.36. The number of aromatic amines is 1. The number of benzene rings is 1. The van der Waals surface area contributed by atoms with Gasteiger partial charge in [0, 0.05) is 36.2 Å². The fourth-order valence-electron chi connectivity index (χ4n) is 2.30. The predicted molar refractivity (Wildman–Crippen MR) is 75.5 cm³/mol. The second-order valence-corrected chi connectivity index (χ2v) is 5.23. The molecule has 0 amide bonds. The first-order chi connectivity index (χ1) is 8.58. The van der Waals surface area contributed by atoms with Crippen molar-refractivity contribution < 1.29 is 5.11 Å². The number of H-pyrrole nitrogens is 1. The molecular weight excluding hydrogens is 224 g/mol. The number of hydrogen-bond donors (Lipinski definition) is 2. The highest BCUT2D eigenvalue weighted by atomic mass is 16.3. The lowest BCUT2D eigenvalue weighted by molar-refractivity contribution is 0.103. The molecule has 1 heterocycles. The van der Waals surface area contributed by atoms with Gasteiger partial charge in [-0.1, -0.05) is 12.1 Å². The van der Waals surface area contributed by atoms with E-state index in [2.05, 4.69) is 48.0 Å². The maximum Gasteiger partial charge on any atom is 0.0639 e. The van der Waals surface area contributed by atoms with Gasteiger partial charge in [0.25, 0.3) is 0 Å². The van der Waals surface area contributed by atoms with Gasteiger partial charge in [0.2, 0.25) is 0 Å². The van der Waals surface area contributed by atoms with Crippen molar-refractivity contribution in [1.82, 2.24) is 9.88 Å². The minimum atomic E-state index is -0.294. The van der Waals surface area contributed by atoms with Crippen LogP contribution in [0.2, 0.25) is 0 Å². The third-order valence-corrected chi connectivity index (χ3v) is 3.29. The molecule has 0 aliphatic rings. The zero-order valence-corrected chi connectivity index (χ0v) is 11.4. The third-order valence-electron chi connectivity index (χ3n) is 3.29. The van der Waals surface area contributed by atoms with Gasteiger partial charge in [-0.2, -0.15) is 0 Å². The van der Waals surface area contributed by atoms with Gasteiger partial charge < -0.3 is 10.1 Å². The smallest absolute Gasteiger partial charge is 0.0639 e. The van der Waals surface area contributed by atoms with E-state index in [-0.39, 0.29) is 6.10 Å². The van der Waals surface area contributed by atoms with E-state index < -0.39 is 0 Å². The van der Waals surface area contributed by atoms with Gasteiger partial charge in [-0.05, 0) is 38.5 Å². The molecule has 0 fully saturated rings. The molecule has 98 valence electrons. The number of rotatable bonds is 5. The molecule has 3 heteroatoms. The van der Waals surface area contributed by atoms with Crippen LogP contribution in [0.25, 0.3) is 10.9 Å². The van der Waals surface area contributed by atoms with Crippen LogP contribution >= 0.6 is 0 Å². The Bertz CT molecular complexity index is 502. The van der Waals surface area contributed by atoms with Crippen LogP contribution in [0.3, 0.4) is 0 Å². The second kappa shape index (κ2) is 5.55. The fourth-order valence-corrected chi connectivity index (χ4v) is 2.30. The molecule has 0 radical (unpaired) electrons. The quantitative estimate of drug-likeness (QED) is 0.851. The average Bonchev–Trinajstić information content (AvgIpc) is 2.76. The van der Waals surface area contributed by atoms with Gasteiger partial charge in [-0.15, -0.1) is 0 Å². The molecule has 0 bridgehead atoms. The van der Waals surface area contributed by atoms with Crippen molar-refractivity contribution in [3.8, 4) is 0 Å². The average molecular weight is 246 g/mol. The summed E-state index contributed by atoms with van der Waals surface area (Å²) in [5.74, 6) is 0. The molecule has 2 N–H and O–H groups in total. The standard InChI is InChI=1S/C15H22N2O/c1-11(2)17(9-12(3)18)10-13-5-4-6-15-14(13)7-8-16-15/h4-8,11-12,16,18H,9-10H2,1-3H3/t12-/m0/s1. The van der Waals surface area contributed by atoms with Crippen molar-refractivity contribution in [3.05, 3.63) is 36.0 Å². The summed E-state index contributed by atoms with van der Waals surface area (Å²) >= 11 is 0. The summed E-state index contributed by atoms with van der Waals surface area (Å²) in [4.78, 5) is 5.53. The third kappa shape index (κ3) is 2.92. The summed E-state index contributed by atoms with van der Waals surface area (Å²) in [6.07, 6.45) is 1.68. The van der Waals surface area contributed by atoms with Crippen molar-refractivity contribution in [1.29, 1.82) is 0 Å². The maximum atomic E-state index is 9.58. The summed E-state index contributed by atoms with van der Waals surface area (Å²) < 4.78 is 0. The minimum Gasteiger partial charge on any atom is -0.392 e. The molecule has 0 aliphatic heterocycles. The van der Waals surface area contributed by atoms with Crippen molar-refractivity contribution >= 4 is 10.9 Å². The van der Waals surface area contributed by atoms with Crippen LogP contribution in [0.15, 0.2) is 30.5 Å². The maximum absolute atomic E-state index is 9.58. The highest BCUT2D eigenvalue weighted by Gasteiger charge is 2.14. The normalized spacial score (nSPS) is 13.7. The molecule has 0 spiro atoms. The number of nitrogens with one attached hydrogen (secondary N) is 1. The molecule has 1 aromatic carbocycles. The first kappa shape index (κ1) is 13.1. The Kier molecular flexibility index (Phi) is 4.04. The topological polar surface area (TPSA) is 39.3 Å². The van der Waals surface area contributed by atoms with Crippen LogP contribution in [-0.2, 0) is 6.54 Å². The molecule has 2 aromatic rings. The van der Waals surface area contributed by atoms with Crippen molar-refractivity contribution in [2.75, 3.05) is 6.54 Å². The second-order valence-electron chi connectivity index (χ2n) is 5.23. The SMILES string of the molecule is CC(C)N(Cc1cccc2[nH]ccc12)C[C@H](C)O. The Labute approximate surface area is 108 Å². The van der Waals surface area contributed by atoms with Gasteiger partial charge in [-0.3, -0.25) is 4.90 Å². The highest BCUT2D eigenvalue weighted by Crippen LogP contribution is 2.20. The Balaban J connectivity index is 2.22. The summed E-state index contributed by atoms with van der Waals surface area (Å²) in [6.45, 7) is 7.75. The molecule has 1 atom stereocenters. The molecule has 0 aliphatic carbocycles. The highest BCUT2D eigenvalue weighted by molar-refractivity contribution is 5.82. The zero-order chi connectivity index (χ0) is 13.1. The Morgan fingerprint density at radius 3 is 2.67 bits per heavy atom. The lowest BCUT2D eigenvalue weighted by Gasteiger charge is -2.28. The van der Waals surface area contributed by atoms with E-state index in [1.54, 1.807) is 0 Å². The number of fused-ring (bicyclic) bond motifs is 1. The number of aliphatic hydroxyl groups is 1. The van der Waals surface area contributed by atoms with Gasteiger partial charge in [0.15, 0.2) is 0 Å². The number of hydrogen-bond acceptors (Lipinski definition) is 2. The van der Waals surface area contributed by atoms with Crippen molar-refractivity contribution in [2.24, 2.45) is 0 Å². The zero-order valence-electron chi connectivity index (χ0n) is 11.4. The molecule has 0 saturated carbocycles. The molecule has 18 heavy (non-hydrogen) atoms. The Morgan fingerprint density at radius 1 is 1.22 bits per heavy atom. The van der Waals surface area contributed by atoms with E-state index in [1.165, 1.54) is 16.5 Å². The van der Waals surface area contributed by atoms with Crippen LogP contribution in [0.5, 0.6) is 0 Å². The summed E-state index contributed by atoms with van der Waals surface area (Å²) in [5.41, 5.74) is 2.48. The lowest BCUT2D eigenvalue weighted by atomic mass is 10.1. The van der Waals surface area contributed by atoms with Gasteiger partial charge >= 0.3 is 0 Å². The number of aliphatic hydroxyl groups excluding tert-OH is 1. The fraction of sp³-hybridized carbons (Fsp3) is 0.467. The Morgan fingerprint density at radius 2 is 2.00 bits per heavy atom. The molecule has 2 rings (SSSR count). The minimum absolute atomic E-state index is 0.294. The van der Waals surface area contributed by atoms with Crippen LogP contribution in [0.4, 0.5) is 0 Å². The van der Waals surface area contributed by atoms with E-state index in [1.807, 2.05) is 13.1 Å². The van der Waals surface area contributed by atoms with Crippen LogP contribution < -0.4 is 0 Å². The summed E-state index contributed by atoms with van der Waals surface area (Å²) in [5, 5.41) is 10.8. The number of nitrogens with zero attached hydrogens (tertiary/aromatic N) is 1.